The molecule has 168 valence electrons. The van der Waals surface area contributed by atoms with Crippen LogP contribution in [0, 0.1) is 7.14 Å². The van der Waals surface area contributed by atoms with Crippen molar-refractivity contribution in [1.82, 2.24) is 10.3 Å². The van der Waals surface area contributed by atoms with E-state index >= 15 is 0 Å². The summed E-state index contributed by atoms with van der Waals surface area (Å²) in [6.45, 7) is 4.39. The first kappa shape index (κ1) is 24.1. The third kappa shape index (κ3) is 5.72. The maximum absolute atomic E-state index is 12.6. The fourth-order valence-corrected chi connectivity index (χ4v) is 4.59. The molecule has 0 radical (unpaired) electrons. The van der Waals surface area contributed by atoms with Gasteiger partial charge in [0.25, 0.3) is 5.91 Å². The molecule has 8 heteroatoms. The molecule has 0 aliphatic rings. The van der Waals surface area contributed by atoms with Crippen LogP contribution in [0.3, 0.4) is 0 Å². The molecule has 4 rings (SSSR count). The van der Waals surface area contributed by atoms with E-state index in [1.807, 2.05) is 48.5 Å². The minimum atomic E-state index is -0.240. The second kappa shape index (κ2) is 10.5. The highest BCUT2D eigenvalue weighted by molar-refractivity contribution is 14.1. The molecule has 2 N–H and O–H groups in total. The van der Waals surface area contributed by atoms with Crippen molar-refractivity contribution in [3.8, 4) is 11.5 Å². The van der Waals surface area contributed by atoms with Crippen LogP contribution in [-0.4, -0.2) is 16.0 Å². The Morgan fingerprint density at radius 1 is 1.09 bits per heavy atom. The van der Waals surface area contributed by atoms with Crippen molar-refractivity contribution in [2.45, 2.75) is 26.2 Å². The first-order valence-corrected chi connectivity index (χ1v) is 13.0. The van der Waals surface area contributed by atoms with Crippen molar-refractivity contribution >= 4 is 85.2 Å². The lowest BCUT2D eigenvalue weighted by Crippen LogP contribution is -2.34. The normalized spacial score (nSPS) is 11.9. The number of thiocarbonyl (C=S) groups is 1. The summed E-state index contributed by atoms with van der Waals surface area (Å²) < 4.78 is 7.81. The van der Waals surface area contributed by atoms with Crippen molar-refractivity contribution < 1.29 is 9.21 Å². The molecule has 1 aromatic heterocycles. The van der Waals surface area contributed by atoms with E-state index in [1.165, 1.54) is 5.56 Å². The van der Waals surface area contributed by atoms with Gasteiger partial charge < -0.3 is 9.73 Å². The van der Waals surface area contributed by atoms with Crippen LogP contribution in [0.15, 0.2) is 65.1 Å². The predicted molar refractivity (Wildman–Crippen MR) is 154 cm³/mol. The van der Waals surface area contributed by atoms with E-state index in [0.717, 1.165) is 35.9 Å². The molecule has 0 saturated heterocycles. The van der Waals surface area contributed by atoms with Crippen LogP contribution >= 0.6 is 57.4 Å². The maximum atomic E-state index is 12.6. The molecule has 0 bridgehead atoms. The average Bonchev–Trinajstić information content (AvgIpc) is 3.23. The largest absolute Gasteiger partial charge is 0.436 e. The van der Waals surface area contributed by atoms with Gasteiger partial charge in [0.1, 0.15) is 5.52 Å². The molecular formula is C25H21I2N3O2S. The van der Waals surface area contributed by atoms with E-state index in [0.29, 0.717) is 17.4 Å². The standard InChI is InChI=1S/C25H21I2N3O2S/c1-3-14(2)16-6-11-22-21(12-16)29-24(32-22)15-4-8-18(9-5-15)28-25(33)30-23(31)19-13-17(26)7-10-20(19)27/h4-14H,3H2,1-2H3,(H2,28,30,31,33)/t14-/m1/s1. The van der Waals surface area contributed by atoms with Gasteiger partial charge in [-0.15, -0.1) is 0 Å². The molecular weight excluding hydrogens is 660 g/mol. The highest BCUT2D eigenvalue weighted by Gasteiger charge is 2.13. The average molecular weight is 681 g/mol. The molecule has 3 aromatic carbocycles. The molecule has 5 nitrogen and oxygen atoms in total. The van der Waals surface area contributed by atoms with Crippen molar-refractivity contribution in [1.29, 1.82) is 0 Å². The number of anilines is 1. The molecule has 1 atom stereocenters. The Labute approximate surface area is 225 Å². The first-order valence-electron chi connectivity index (χ1n) is 10.4. The number of nitrogens with one attached hydrogen (secondary N) is 2. The van der Waals surface area contributed by atoms with E-state index in [-0.39, 0.29) is 11.0 Å². The lowest BCUT2D eigenvalue weighted by Gasteiger charge is -2.11. The van der Waals surface area contributed by atoms with Gasteiger partial charge in [-0.1, -0.05) is 19.9 Å². The van der Waals surface area contributed by atoms with Crippen LogP contribution in [0.4, 0.5) is 5.69 Å². The second-order valence-electron chi connectivity index (χ2n) is 7.67. The van der Waals surface area contributed by atoms with Crippen molar-refractivity contribution in [2.75, 3.05) is 5.32 Å². The quantitative estimate of drug-likeness (QED) is 0.171. The molecule has 0 spiro atoms. The summed E-state index contributed by atoms with van der Waals surface area (Å²) >= 11 is 9.64. The van der Waals surface area contributed by atoms with E-state index in [4.69, 9.17) is 16.6 Å². The number of hydrogen-bond acceptors (Lipinski definition) is 4. The van der Waals surface area contributed by atoms with Crippen molar-refractivity contribution in [2.24, 2.45) is 0 Å². The number of nitrogens with zero attached hydrogens (tertiary/aromatic N) is 1. The summed E-state index contributed by atoms with van der Waals surface area (Å²) in [7, 11) is 0. The summed E-state index contributed by atoms with van der Waals surface area (Å²) in [5.74, 6) is 0.815. The second-order valence-corrected chi connectivity index (χ2v) is 10.5. The van der Waals surface area contributed by atoms with Gasteiger partial charge in [0.05, 0.1) is 5.56 Å². The number of carbonyl (C=O) groups excluding carboxylic acids is 1. The summed E-state index contributed by atoms with van der Waals surface area (Å²) in [5.41, 5.74) is 5.11. The van der Waals surface area contributed by atoms with Crippen LogP contribution < -0.4 is 10.6 Å². The third-order valence-corrected chi connectivity index (χ3v) is 7.20. The molecule has 0 saturated carbocycles. The number of fused-ring (bicyclic) bond motifs is 1. The zero-order chi connectivity index (χ0) is 23.5. The van der Waals surface area contributed by atoms with Crippen LogP contribution in [-0.2, 0) is 0 Å². The van der Waals surface area contributed by atoms with Gasteiger partial charge in [-0.3, -0.25) is 10.1 Å². The Bertz CT molecular complexity index is 1340. The fraction of sp³-hybridized carbons (Fsp3) is 0.160. The molecule has 1 amide bonds. The van der Waals surface area contributed by atoms with Crippen LogP contribution in [0.1, 0.15) is 42.1 Å². The van der Waals surface area contributed by atoms with Crippen LogP contribution in [0.2, 0.25) is 0 Å². The number of amides is 1. The monoisotopic (exact) mass is 681 g/mol. The Morgan fingerprint density at radius 2 is 1.85 bits per heavy atom. The highest BCUT2D eigenvalue weighted by Crippen LogP contribution is 2.28. The van der Waals surface area contributed by atoms with Gasteiger partial charge in [-0.25, -0.2) is 4.98 Å². The molecule has 0 aliphatic carbocycles. The summed E-state index contributed by atoms with van der Waals surface area (Å²) in [6, 6.07) is 19.5. The van der Waals surface area contributed by atoms with Crippen molar-refractivity contribution in [3.63, 3.8) is 0 Å². The smallest absolute Gasteiger partial charge is 0.258 e. The molecule has 1 heterocycles. The summed E-state index contributed by atoms with van der Waals surface area (Å²) in [4.78, 5) is 17.2. The summed E-state index contributed by atoms with van der Waals surface area (Å²) in [6.07, 6.45) is 1.08. The molecule has 33 heavy (non-hydrogen) atoms. The highest BCUT2D eigenvalue weighted by atomic mass is 127. The number of hydrogen-bond donors (Lipinski definition) is 2. The van der Waals surface area contributed by atoms with Crippen LogP contribution in [0.5, 0.6) is 0 Å². The Hall–Kier alpha value is -2.05. The summed E-state index contributed by atoms with van der Waals surface area (Å²) in [5, 5.41) is 6.03. The lowest BCUT2D eigenvalue weighted by molar-refractivity contribution is 0.0977. The molecule has 4 aromatic rings. The Balaban J connectivity index is 1.44. The third-order valence-electron chi connectivity index (χ3n) is 5.38. The zero-order valence-corrected chi connectivity index (χ0v) is 23.1. The SMILES string of the molecule is CC[C@@H](C)c1ccc2oc(-c3ccc(NC(=S)NC(=O)c4cc(I)ccc4I)cc3)nc2c1. The fourth-order valence-electron chi connectivity index (χ4n) is 3.31. The van der Waals surface area contributed by atoms with E-state index in [9.17, 15) is 4.79 Å². The van der Waals surface area contributed by atoms with Gasteiger partial charge in [0, 0.05) is 18.4 Å². The van der Waals surface area contributed by atoms with Crippen molar-refractivity contribution in [3.05, 3.63) is 78.9 Å². The minimum Gasteiger partial charge on any atom is -0.436 e. The van der Waals surface area contributed by atoms with E-state index < -0.39 is 0 Å². The van der Waals surface area contributed by atoms with Gasteiger partial charge in [-0.2, -0.15) is 0 Å². The first-order chi connectivity index (χ1) is 15.8. The number of aromatic nitrogens is 1. The Morgan fingerprint density at radius 3 is 2.58 bits per heavy atom. The minimum absolute atomic E-state index is 0.238. The number of halogens is 2. The van der Waals surface area contributed by atoms with Crippen LogP contribution in [0.25, 0.3) is 22.6 Å². The van der Waals surface area contributed by atoms with Gasteiger partial charge in [-0.05, 0) is 130 Å². The van der Waals surface area contributed by atoms with E-state index in [1.54, 1.807) is 0 Å². The topological polar surface area (TPSA) is 67.2 Å². The number of carbonyl (C=O) groups is 1. The van der Waals surface area contributed by atoms with Gasteiger partial charge >= 0.3 is 0 Å². The lowest BCUT2D eigenvalue weighted by atomic mass is 9.98. The molecule has 0 fully saturated rings. The van der Waals surface area contributed by atoms with Gasteiger partial charge in [0.15, 0.2) is 10.7 Å². The number of benzene rings is 3. The zero-order valence-electron chi connectivity index (χ0n) is 18.0. The number of rotatable bonds is 5. The number of oxazole rings is 1. The van der Waals surface area contributed by atoms with E-state index in [2.05, 4.69) is 86.8 Å². The maximum Gasteiger partial charge on any atom is 0.258 e. The predicted octanol–water partition coefficient (Wildman–Crippen LogP) is 7.34. The molecule has 0 unspecified atom stereocenters. The Kier molecular flexibility index (Phi) is 7.65. The van der Waals surface area contributed by atoms with Gasteiger partial charge in [0.2, 0.25) is 5.89 Å². The molecule has 0 aliphatic heterocycles.